The fourth-order valence-corrected chi connectivity index (χ4v) is 3.35. The topological polar surface area (TPSA) is 59.1 Å². The molecule has 29 heavy (non-hydrogen) atoms. The van der Waals surface area contributed by atoms with Crippen LogP contribution < -0.4 is 5.32 Å². The molecule has 0 spiro atoms. The summed E-state index contributed by atoms with van der Waals surface area (Å²) in [5.41, 5.74) is 4.91. The first-order chi connectivity index (χ1) is 14.0. The molecule has 3 aromatic carbocycles. The van der Waals surface area contributed by atoms with Gasteiger partial charge in [-0.2, -0.15) is 0 Å². The maximum Gasteiger partial charge on any atom is 0.255 e. The number of ketones is 1. The van der Waals surface area contributed by atoms with Crippen molar-refractivity contribution >= 4 is 28.2 Å². The summed E-state index contributed by atoms with van der Waals surface area (Å²) in [4.78, 5) is 28.4. The van der Waals surface area contributed by atoms with Crippen LogP contribution in [0.1, 0.15) is 33.2 Å². The fraction of sp³-hybridized carbons (Fsp3) is 0.0800. The molecule has 0 bridgehead atoms. The maximum atomic E-state index is 12.7. The van der Waals surface area contributed by atoms with Gasteiger partial charge in [-0.15, -0.1) is 0 Å². The average Bonchev–Trinajstić information content (AvgIpc) is 2.74. The summed E-state index contributed by atoms with van der Waals surface area (Å²) in [5.74, 6) is -0.311. The molecule has 0 saturated heterocycles. The molecular formula is C25H20N2O2. The predicted molar refractivity (Wildman–Crippen MR) is 116 cm³/mol. The van der Waals surface area contributed by atoms with E-state index in [4.69, 9.17) is 0 Å². The van der Waals surface area contributed by atoms with Crippen LogP contribution in [0, 0.1) is 6.92 Å². The summed E-state index contributed by atoms with van der Waals surface area (Å²) in [6.07, 6.45) is 3.63. The first-order valence-corrected chi connectivity index (χ1v) is 9.38. The number of nitrogens with zero attached hydrogens (tertiary/aromatic N) is 1. The van der Waals surface area contributed by atoms with Gasteiger partial charge in [0.15, 0.2) is 5.78 Å². The molecule has 1 aromatic heterocycles. The molecule has 0 aliphatic rings. The second-order valence-electron chi connectivity index (χ2n) is 7.06. The van der Waals surface area contributed by atoms with Crippen LogP contribution >= 0.6 is 0 Å². The smallest absolute Gasteiger partial charge is 0.255 e. The number of hydrogen-bond acceptors (Lipinski definition) is 3. The van der Waals surface area contributed by atoms with Crippen molar-refractivity contribution in [1.29, 1.82) is 0 Å². The van der Waals surface area contributed by atoms with Gasteiger partial charge in [-0.05, 0) is 72.3 Å². The molecule has 4 rings (SSSR count). The van der Waals surface area contributed by atoms with E-state index in [1.165, 1.54) is 6.92 Å². The van der Waals surface area contributed by atoms with Crippen LogP contribution in [-0.2, 0) is 0 Å². The van der Waals surface area contributed by atoms with Gasteiger partial charge in [-0.1, -0.05) is 30.3 Å². The van der Waals surface area contributed by atoms with Crippen molar-refractivity contribution in [3.8, 4) is 11.1 Å². The van der Waals surface area contributed by atoms with Crippen LogP contribution in [0.2, 0.25) is 0 Å². The minimum atomic E-state index is -0.245. The molecule has 0 aliphatic heterocycles. The van der Waals surface area contributed by atoms with Crippen molar-refractivity contribution in [3.63, 3.8) is 0 Å². The van der Waals surface area contributed by atoms with Gasteiger partial charge in [-0.3, -0.25) is 14.6 Å². The number of anilines is 1. The zero-order valence-electron chi connectivity index (χ0n) is 16.3. The molecular weight excluding hydrogens is 360 g/mol. The number of fused-ring (bicyclic) bond motifs is 1. The first kappa shape index (κ1) is 18.6. The maximum absolute atomic E-state index is 12.7. The molecule has 0 fully saturated rings. The molecule has 0 saturated carbocycles. The Hall–Kier alpha value is -3.79. The highest BCUT2D eigenvalue weighted by atomic mass is 16.1. The third-order valence-corrected chi connectivity index (χ3v) is 4.98. The molecule has 142 valence electrons. The lowest BCUT2D eigenvalue weighted by Gasteiger charge is -2.12. The summed E-state index contributed by atoms with van der Waals surface area (Å²) in [7, 11) is 0. The molecule has 4 heteroatoms. The lowest BCUT2D eigenvalue weighted by atomic mass is 9.97. The van der Waals surface area contributed by atoms with Crippen LogP contribution in [0.3, 0.4) is 0 Å². The highest BCUT2D eigenvalue weighted by molar-refractivity contribution is 6.06. The van der Waals surface area contributed by atoms with E-state index < -0.39 is 0 Å². The summed E-state index contributed by atoms with van der Waals surface area (Å²) in [6, 6.07) is 20.8. The number of nitrogens with one attached hydrogen (secondary N) is 1. The fourth-order valence-electron chi connectivity index (χ4n) is 3.35. The summed E-state index contributed by atoms with van der Waals surface area (Å²) < 4.78 is 0. The average molecular weight is 380 g/mol. The van der Waals surface area contributed by atoms with E-state index in [1.54, 1.807) is 30.5 Å². The lowest BCUT2D eigenvalue weighted by molar-refractivity contribution is 0.101. The normalized spacial score (nSPS) is 10.7. The van der Waals surface area contributed by atoms with E-state index in [0.29, 0.717) is 16.8 Å². The Bertz CT molecular complexity index is 1240. The monoisotopic (exact) mass is 380 g/mol. The van der Waals surface area contributed by atoms with E-state index in [-0.39, 0.29) is 11.7 Å². The minimum absolute atomic E-state index is 0.0666. The van der Waals surface area contributed by atoms with Crippen LogP contribution in [0.15, 0.2) is 79.1 Å². The number of amides is 1. The van der Waals surface area contributed by atoms with Crippen molar-refractivity contribution in [2.75, 3.05) is 5.32 Å². The number of benzene rings is 3. The highest BCUT2D eigenvalue weighted by Crippen LogP contribution is 2.29. The highest BCUT2D eigenvalue weighted by Gasteiger charge is 2.10. The van der Waals surface area contributed by atoms with E-state index in [0.717, 1.165) is 27.5 Å². The van der Waals surface area contributed by atoms with Gasteiger partial charge in [0.2, 0.25) is 0 Å². The van der Waals surface area contributed by atoms with Crippen LogP contribution in [0.5, 0.6) is 0 Å². The molecule has 1 N–H and O–H groups in total. The Morgan fingerprint density at radius 1 is 0.862 bits per heavy atom. The Morgan fingerprint density at radius 2 is 1.69 bits per heavy atom. The summed E-state index contributed by atoms with van der Waals surface area (Å²) in [6.45, 7) is 3.53. The number of aromatic nitrogens is 1. The number of carbonyl (C=O) groups is 2. The Kier molecular flexibility index (Phi) is 4.92. The molecule has 0 unspecified atom stereocenters. The minimum Gasteiger partial charge on any atom is -0.322 e. The largest absolute Gasteiger partial charge is 0.322 e. The van der Waals surface area contributed by atoms with E-state index in [9.17, 15) is 9.59 Å². The molecule has 1 heterocycles. The number of aryl methyl sites for hydroxylation is 1. The zero-order valence-corrected chi connectivity index (χ0v) is 16.3. The van der Waals surface area contributed by atoms with Gasteiger partial charge in [0.25, 0.3) is 5.91 Å². The SMILES string of the molecule is CC(=O)c1cccc(C(=O)Nc2ccc(C)c(-c3ccc4ccncc4c3)c2)c1. The molecule has 1 amide bonds. The van der Waals surface area contributed by atoms with Gasteiger partial charge in [0.1, 0.15) is 0 Å². The quantitative estimate of drug-likeness (QED) is 0.464. The van der Waals surface area contributed by atoms with E-state index in [2.05, 4.69) is 28.5 Å². The number of carbonyl (C=O) groups excluding carboxylic acids is 2. The molecule has 0 atom stereocenters. The van der Waals surface area contributed by atoms with Crippen molar-refractivity contribution in [1.82, 2.24) is 4.98 Å². The van der Waals surface area contributed by atoms with Gasteiger partial charge >= 0.3 is 0 Å². The zero-order chi connectivity index (χ0) is 20.4. The third-order valence-electron chi connectivity index (χ3n) is 4.98. The number of pyridine rings is 1. The standard InChI is InChI=1S/C25H20N2O2/c1-16-6-9-23(27-25(29)21-5-3-4-19(12-21)17(2)28)14-24(16)20-8-7-18-10-11-26-15-22(18)13-20/h3-15H,1-2H3,(H,27,29). The third kappa shape index (κ3) is 3.92. The first-order valence-electron chi connectivity index (χ1n) is 9.38. The Morgan fingerprint density at radius 3 is 2.52 bits per heavy atom. The van der Waals surface area contributed by atoms with Gasteiger partial charge < -0.3 is 5.32 Å². The van der Waals surface area contributed by atoms with E-state index >= 15 is 0 Å². The van der Waals surface area contributed by atoms with Crippen molar-refractivity contribution in [3.05, 3.63) is 95.8 Å². The molecule has 4 nitrogen and oxygen atoms in total. The van der Waals surface area contributed by atoms with E-state index in [1.807, 2.05) is 37.4 Å². The summed E-state index contributed by atoms with van der Waals surface area (Å²) in [5, 5.41) is 5.14. The predicted octanol–water partition coefficient (Wildman–Crippen LogP) is 5.67. The Labute approximate surface area is 169 Å². The second-order valence-corrected chi connectivity index (χ2v) is 7.06. The van der Waals surface area contributed by atoms with Crippen molar-refractivity contribution in [2.45, 2.75) is 13.8 Å². The number of Topliss-reactive ketones (excluding diaryl/α,β-unsaturated/α-hetero) is 1. The van der Waals surface area contributed by atoms with Crippen LogP contribution in [-0.4, -0.2) is 16.7 Å². The number of hydrogen-bond donors (Lipinski definition) is 1. The van der Waals surface area contributed by atoms with Crippen LogP contribution in [0.25, 0.3) is 21.9 Å². The Balaban J connectivity index is 1.65. The molecule has 4 aromatic rings. The number of rotatable bonds is 4. The second kappa shape index (κ2) is 7.68. The lowest BCUT2D eigenvalue weighted by Crippen LogP contribution is -2.12. The van der Waals surface area contributed by atoms with Gasteiger partial charge in [-0.25, -0.2) is 0 Å². The molecule has 0 aliphatic carbocycles. The van der Waals surface area contributed by atoms with Gasteiger partial charge in [0.05, 0.1) is 0 Å². The summed E-state index contributed by atoms with van der Waals surface area (Å²) >= 11 is 0. The van der Waals surface area contributed by atoms with Crippen LogP contribution in [0.4, 0.5) is 5.69 Å². The van der Waals surface area contributed by atoms with Crippen molar-refractivity contribution in [2.24, 2.45) is 0 Å². The van der Waals surface area contributed by atoms with Gasteiger partial charge in [0, 0.05) is 34.6 Å². The molecule has 0 radical (unpaired) electrons. The van der Waals surface area contributed by atoms with Crippen molar-refractivity contribution < 1.29 is 9.59 Å².